The first-order valence-electron chi connectivity index (χ1n) is 7.22. The van der Waals surface area contributed by atoms with Gasteiger partial charge in [0.1, 0.15) is 11.5 Å². The van der Waals surface area contributed by atoms with E-state index in [1.807, 2.05) is 12.1 Å². The fourth-order valence-corrected chi connectivity index (χ4v) is 2.38. The summed E-state index contributed by atoms with van der Waals surface area (Å²) in [6, 6.07) is 12.5. The molecule has 0 saturated carbocycles. The molecule has 0 aliphatic heterocycles. The largest absolute Gasteiger partial charge is 0.497 e. The monoisotopic (exact) mass is 285 g/mol. The molecule has 0 saturated heterocycles. The molecule has 2 rings (SSSR count). The lowest BCUT2D eigenvalue weighted by atomic mass is 9.96. The summed E-state index contributed by atoms with van der Waals surface area (Å²) in [6.07, 6.45) is 0. The molecule has 0 unspecified atom stereocenters. The van der Waals surface area contributed by atoms with Crippen molar-refractivity contribution in [3.8, 4) is 22.6 Å². The van der Waals surface area contributed by atoms with E-state index in [9.17, 15) is 0 Å². The minimum Gasteiger partial charge on any atom is -0.497 e. The van der Waals surface area contributed by atoms with Crippen LogP contribution in [-0.4, -0.2) is 20.8 Å². The van der Waals surface area contributed by atoms with Crippen LogP contribution in [0.1, 0.15) is 18.1 Å². The van der Waals surface area contributed by atoms with Crippen LogP contribution in [-0.2, 0) is 6.54 Å². The summed E-state index contributed by atoms with van der Waals surface area (Å²) >= 11 is 0. The van der Waals surface area contributed by atoms with Crippen LogP contribution in [0.25, 0.3) is 11.1 Å². The van der Waals surface area contributed by atoms with Gasteiger partial charge in [-0.1, -0.05) is 30.7 Å². The average Bonchev–Trinajstić information content (AvgIpc) is 2.53. The lowest BCUT2D eigenvalue weighted by Crippen LogP contribution is -2.12. The summed E-state index contributed by atoms with van der Waals surface area (Å²) in [5, 5.41) is 3.39. The van der Waals surface area contributed by atoms with Gasteiger partial charge in [0.2, 0.25) is 0 Å². The third kappa shape index (κ3) is 3.56. The highest BCUT2D eigenvalue weighted by Crippen LogP contribution is 2.35. The van der Waals surface area contributed by atoms with Crippen LogP contribution >= 0.6 is 0 Å². The number of ether oxygens (including phenoxy) is 2. The van der Waals surface area contributed by atoms with Gasteiger partial charge in [0.05, 0.1) is 14.2 Å². The van der Waals surface area contributed by atoms with Crippen molar-refractivity contribution in [2.45, 2.75) is 20.4 Å². The van der Waals surface area contributed by atoms with Crippen LogP contribution in [0.4, 0.5) is 0 Å². The summed E-state index contributed by atoms with van der Waals surface area (Å²) in [5.74, 6) is 1.63. The molecule has 21 heavy (non-hydrogen) atoms. The third-order valence-corrected chi connectivity index (χ3v) is 3.53. The Morgan fingerprint density at radius 1 is 0.952 bits per heavy atom. The zero-order chi connectivity index (χ0) is 15.2. The van der Waals surface area contributed by atoms with Crippen molar-refractivity contribution in [1.29, 1.82) is 0 Å². The lowest BCUT2D eigenvalue weighted by molar-refractivity contribution is 0.395. The molecule has 0 aliphatic rings. The Morgan fingerprint density at radius 2 is 1.76 bits per heavy atom. The zero-order valence-corrected chi connectivity index (χ0v) is 13.2. The summed E-state index contributed by atoms with van der Waals surface area (Å²) in [7, 11) is 3.36. The smallest absolute Gasteiger partial charge is 0.130 e. The highest BCUT2D eigenvalue weighted by molar-refractivity contribution is 5.75. The van der Waals surface area contributed by atoms with E-state index in [0.29, 0.717) is 0 Å². The maximum atomic E-state index is 5.54. The van der Waals surface area contributed by atoms with Crippen LogP contribution in [0, 0.1) is 6.92 Å². The normalized spacial score (nSPS) is 10.5. The second-order valence-corrected chi connectivity index (χ2v) is 5.01. The molecule has 0 radical (unpaired) electrons. The van der Waals surface area contributed by atoms with Crippen LogP contribution in [0.5, 0.6) is 11.5 Å². The SMILES string of the molecule is CCNCc1ccc(C)cc1-c1ccc(OC)cc1OC. The quantitative estimate of drug-likeness (QED) is 0.876. The number of hydrogen-bond acceptors (Lipinski definition) is 3. The van der Waals surface area contributed by atoms with E-state index < -0.39 is 0 Å². The van der Waals surface area contributed by atoms with Gasteiger partial charge in [0.25, 0.3) is 0 Å². The fourth-order valence-electron chi connectivity index (χ4n) is 2.38. The van der Waals surface area contributed by atoms with E-state index in [-0.39, 0.29) is 0 Å². The van der Waals surface area contributed by atoms with E-state index in [1.165, 1.54) is 16.7 Å². The molecule has 0 spiro atoms. The van der Waals surface area contributed by atoms with E-state index in [1.54, 1.807) is 14.2 Å². The Labute approximate surface area is 126 Å². The molecule has 0 fully saturated rings. The molecule has 0 aliphatic carbocycles. The van der Waals surface area contributed by atoms with Crippen molar-refractivity contribution in [2.24, 2.45) is 0 Å². The summed E-state index contributed by atoms with van der Waals surface area (Å²) in [4.78, 5) is 0. The lowest BCUT2D eigenvalue weighted by Gasteiger charge is -2.15. The van der Waals surface area contributed by atoms with Gasteiger partial charge in [-0.3, -0.25) is 0 Å². The number of aryl methyl sites for hydroxylation is 1. The average molecular weight is 285 g/mol. The molecular formula is C18H23NO2. The Hall–Kier alpha value is -2.00. The Bertz CT molecular complexity index is 608. The van der Waals surface area contributed by atoms with Crippen molar-refractivity contribution in [2.75, 3.05) is 20.8 Å². The molecule has 0 heterocycles. The molecule has 0 atom stereocenters. The molecule has 3 nitrogen and oxygen atoms in total. The molecule has 0 aromatic heterocycles. The molecule has 0 amide bonds. The molecule has 112 valence electrons. The zero-order valence-electron chi connectivity index (χ0n) is 13.2. The predicted molar refractivity (Wildman–Crippen MR) is 87.1 cm³/mol. The molecule has 3 heteroatoms. The standard InChI is InChI=1S/C18H23NO2/c1-5-19-12-14-7-6-13(2)10-17(14)16-9-8-15(20-3)11-18(16)21-4/h6-11,19H,5,12H2,1-4H3. The van der Waals surface area contributed by atoms with Crippen LogP contribution in [0.2, 0.25) is 0 Å². The van der Waals surface area contributed by atoms with Gasteiger partial charge in [-0.05, 0) is 36.7 Å². The van der Waals surface area contributed by atoms with Gasteiger partial charge in [0.15, 0.2) is 0 Å². The van der Waals surface area contributed by atoms with Gasteiger partial charge in [-0.2, -0.15) is 0 Å². The molecule has 2 aromatic rings. The van der Waals surface area contributed by atoms with E-state index >= 15 is 0 Å². The first-order chi connectivity index (χ1) is 10.2. The maximum Gasteiger partial charge on any atom is 0.130 e. The van der Waals surface area contributed by atoms with Crippen molar-refractivity contribution in [3.63, 3.8) is 0 Å². The predicted octanol–water partition coefficient (Wildman–Crippen LogP) is 3.79. The number of methoxy groups -OCH3 is 2. The number of rotatable bonds is 6. The van der Waals surface area contributed by atoms with Gasteiger partial charge in [-0.25, -0.2) is 0 Å². The van der Waals surface area contributed by atoms with E-state index in [2.05, 4.69) is 43.4 Å². The minimum absolute atomic E-state index is 0.802. The minimum atomic E-state index is 0.802. The third-order valence-electron chi connectivity index (χ3n) is 3.53. The Kier molecular flexibility index (Phi) is 5.23. The summed E-state index contributed by atoms with van der Waals surface area (Å²) in [6.45, 7) is 6.02. The van der Waals surface area contributed by atoms with E-state index in [4.69, 9.17) is 9.47 Å². The molecule has 2 aromatic carbocycles. The first kappa shape index (κ1) is 15.4. The Balaban J connectivity index is 2.51. The molecular weight excluding hydrogens is 262 g/mol. The number of nitrogens with one attached hydrogen (secondary N) is 1. The summed E-state index contributed by atoms with van der Waals surface area (Å²) < 4.78 is 10.8. The summed E-state index contributed by atoms with van der Waals surface area (Å²) in [5.41, 5.74) is 4.80. The second kappa shape index (κ2) is 7.14. The highest BCUT2D eigenvalue weighted by atomic mass is 16.5. The van der Waals surface area contributed by atoms with Crippen molar-refractivity contribution in [1.82, 2.24) is 5.32 Å². The topological polar surface area (TPSA) is 30.5 Å². The fraction of sp³-hybridized carbons (Fsp3) is 0.333. The van der Waals surface area contributed by atoms with Crippen LogP contribution < -0.4 is 14.8 Å². The second-order valence-electron chi connectivity index (χ2n) is 5.01. The van der Waals surface area contributed by atoms with Crippen LogP contribution in [0.15, 0.2) is 36.4 Å². The van der Waals surface area contributed by atoms with Gasteiger partial charge >= 0.3 is 0 Å². The van der Waals surface area contributed by atoms with Crippen molar-refractivity contribution >= 4 is 0 Å². The highest BCUT2D eigenvalue weighted by Gasteiger charge is 2.11. The molecule has 0 bridgehead atoms. The van der Waals surface area contributed by atoms with Gasteiger partial charge < -0.3 is 14.8 Å². The van der Waals surface area contributed by atoms with Crippen molar-refractivity contribution < 1.29 is 9.47 Å². The first-order valence-corrected chi connectivity index (χ1v) is 7.22. The Morgan fingerprint density at radius 3 is 2.43 bits per heavy atom. The maximum absolute atomic E-state index is 5.54. The molecule has 1 N–H and O–H groups in total. The van der Waals surface area contributed by atoms with Gasteiger partial charge in [0, 0.05) is 18.2 Å². The van der Waals surface area contributed by atoms with Crippen LogP contribution in [0.3, 0.4) is 0 Å². The number of hydrogen-bond donors (Lipinski definition) is 1. The van der Waals surface area contributed by atoms with Gasteiger partial charge in [-0.15, -0.1) is 0 Å². The number of benzene rings is 2. The van der Waals surface area contributed by atoms with E-state index in [0.717, 1.165) is 30.2 Å². The van der Waals surface area contributed by atoms with Crippen molar-refractivity contribution in [3.05, 3.63) is 47.5 Å².